The first-order valence-electron chi connectivity index (χ1n) is 5.11. The molecule has 1 aromatic heterocycles. The van der Waals surface area contributed by atoms with Crippen molar-refractivity contribution in [2.75, 3.05) is 13.2 Å². The maximum Gasteiger partial charge on any atom is 0.0885 e. The second-order valence-corrected chi connectivity index (χ2v) is 4.26. The van der Waals surface area contributed by atoms with Crippen LogP contribution in [-0.4, -0.2) is 18.1 Å². The zero-order chi connectivity index (χ0) is 11.1. The van der Waals surface area contributed by atoms with Crippen molar-refractivity contribution in [3.05, 3.63) is 28.9 Å². The molecule has 1 N–H and O–H groups in total. The molecule has 0 aliphatic rings. The summed E-state index contributed by atoms with van der Waals surface area (Å²) in [6, 6.07) is 0.376. The van der Waals surface area contributed by atoms with Crippen LogP contribution in [0.4, 0.5) is 0 Å². The molecule has 0 saturated carbocycles. The van der Waals surface area contributed by atoms with E-state index in [1.807, 2.05) is 12.4 Å². The molecule has 0 saturated heterocycles. The van der Waals surface area contributed by atoms with Gasteiger partial charge in [-0.1, -0.05) is 6.58 Å². The van der Waals surface area contributed by atoms with Crippen molar-refractivity contribution in [2.24, 2.45) is 0 Å². The predicted octanol–water partition coefficient (Wildman–Crippen LogP) is 2.65. The third-order valence-electron chi connectivity index (χ3n) is 2.18. The van der Waals surface area contributed by atoms with Gasteiger partial charge in [-0.15, -0.1) is 11.3 Å². The molecule has 0 aliphatic carbocycles. The van der Waals surface area contributed by atoms with Crippen LogP contribution in [0.1, 0.15) is 30.0 Å². The standard InChI is InChI=1S/C11H18N2OS/c1-4-14-7-5-6-12-9(2)11-10(3)13-8-15-11/h4,8-9,12H,1,5-7H2,2-3H3. The summed E-state index contributed by atoms with van der Waals surface area (Å²) in [4.78, 5) is 5.56. The van der Waals surface area contributed by atoms with E-state index >= 15 is 0 Å². The smallest absolute Gasteiger partial charge is 0.0885 e. The minimum absolute atomic E-state index is 0.376. The van der Waals surface area contributed by atoms with Gasteiger partial charge in [0.15, 0.2) is 0 Å². The molecule has 0 fully saturated rings. The monoisotopic (exact) mass is 226 g/mol. The van der Waals surface area contributed by atoms with Crippen LogP contribution >= 0.6 is 11.3 Å². The number of hydrogen-bond donors (Lipinski definition) is 1. The Morgan fingerprint density at radius 3 is 3.13 bits per heavy atom. The van der Waals surface area contributed by atoms with E-state index in [0.29, 0.717) is 6.04 Å². The first kappa shape index (κ1) is 12.2. The number of nitrogens with one attached hydrogen (secondary N) is 1. The van der Waals surface area contributed by atoms with E-state index in [1.165, 1.54) is 11.1 Å². The topological polar surface area (TPSA) is 34.1 Å². The van der Waals surface area contributed by atoms with Gasteiger partial charge in [-0.2, -0.15) is 0 Å². The van der Waals surface area contributed by atoms with Crippen molar-refractivity contribution in [1.29, 1.82) is 0 Å². The lowest BCUT2D eigenvalue weighted by atomic mass is 10.2. The average Bonchev–Trinajstić information content (AvgIpc) is 2.64. The van der Waals surface area contributed by atoms with E-state index in [4.69, 9.17) is 4.74 Å². The summed E-state index contributed by atoms with van der Waals surface area (Å²) < 4.78 is 5.04. The molecule has 1 aromatic rings. The van der Waals surface area contributed by atoms with Crippen molar-refractivity contribution < 1.29 is 4.74 Å². The van der Waals surface area contributed by atoms with E-state index in [1.54, 1.807) is 11.3 Å². The van der Waals surface area contributed by atoms with E-state index in [2.05, 4.69) is 23.8 Å². The highest BCUT2D eigenvalue weighted by atomic mass is 32.1. The maximum atomic E-state index is 5.04. The molecule has 0 aromatic carbocycles. The molecule has 0 radical (unpaired) electrons. The van der Waals surface area contributed by atoms with Crippen LogP contribution in [0.2, 0.25) is 0 Å². The second-order valence-electron chi connectivity index (χ2n) is 3.37. The largest absolute Gasteiger partial charge is 0.502 e. The Labute approximate surface area is 95.2 Å². The number of thiazole rings is 1. The highest BCUT2D eigenvalue weighted by Gasteiger charge is 2.09. The van der Waals surface area contributed by atoms with Gasteiger partial charge < -0.3 is 10.1 Å². The normalized spacial score (nSPS) is 12.4. The SMILES string of the molecule is C=COCCCNC(C)c1scnc1C. The van der Waals surface area contributed by atoms with Crippen molar-refractivity contribution in [3.63, 3.8) is 0 Å². The number of ether oxygens (including phenoxy) is 1. The van der Waals surface area contributed by atoms with Crippen LogP contribution in [0.5, 0.6) is 0 Å². The van der Waals surface area contributed by atoms with Crippen molar-refractivity contribution in [3.8, 4) is 0 Å². The molecular formula is C11H18N2OS. The molecule has 0 spiro atoms. The summed E-state index contributed by atoms with van der Waals surface area (Å²) in [6.45, 7) is 9.38. The third kappa shape index (κ3) is 4.01. The number of nitrogens with zero attached hydrogens (tertiary/aromatic N) is 1. The van der Waals surface area contributed by atoms with Gasteiger partial charge in [-0.05, 0) is 26.8 Å². The first-order valence-corrected chi connectivity index (χ1v) is 5.99. The summed E-state index contributed by atoms with van der Waals surface area (Å²) in [6.07, 6.45) is 2.48. The minimum Gasteiger partial charge on any atom is -0.502 e. The number of hydrogen-bond acceptors (Lipinski definition) is 4. The first-order chi connectivity index (χ1) is 7.25. The molecule has 1 rings (SSSR count). The van der Waals surface area contributed by atoms with Gasteiger partial charge in [-0.3, -0.25) is 0 Å². The summed E-state index contributed by atoms with van der Waals surface area (Å²) in [5.74, 6) is 0. The van der Waals surface area contributed by atoms with Crippen molar-refractivity contribution in [2.45, 2.75) is 26.3 Å². The molecule has 4 heteroatoms. The number of aryl methyl sites for hydroxylation is 1. The quantitative estimate of drug-likeness (QED) is 0.573. The molecule has 1 heterocycles. The minimum atomic E-state index is 0.376. The number of aromatic nitrogens is 1. The molecule has 0 amide bonds. The van der Waals surface area contributed by atoms with Crippen LogP contribution in [0, 0.1) is 6.92 Å². The molecule has 15 heavy (non-hydrogen) atoms. The van der Waals surface area contributed by atoms with Gasteiger partial charge in [0.2, 0.25) is 0 Å². The number of rotatable bonds is 7. The Kier molecular flexibility index (Phi) is 5.36. The van der Waals surface area contributed by atoms with Gasteiger partial charge in [0, 0.05) is 10.9 Å². The maximum absolute atomic E-state index is 5.04. The van der Waals surface area contributed by atoms with E-state index in [-0.39, 0.29) is 0 Å². The second kappa shape index (κ2) is 6.58. The van der Waals surface area contributed by atoms with Gasteiger partial charge >= 0.3 is 0 Å². The van der Waals surface area contributed by atoms with Crippen molar-refractivity contribution >= 4 is 11.3 Å². The zero-order valence-electron chi connectivity index (χ0n) is 9.32. The van der Waals surface area contributed by atoms with Crippen LogP contribution in [0.3, 0.4) is 0 Å². The van der Waals surface area contributed by atoms with E-state index in [0.717, 1.165) is 25.3 Å². The van der Waals surface area contributed by atoms with Gasteiger partial charge in [0.25, 0.3) is 0 Å². The van der Waals surface area contributed by atoms with Crippen molar-refractivity contribution in [1.82, 2.24) is 10.3 Å². The summed E-state index contributed by atoms with van der Waals surface area (Å²) in [5, 5.41) is 3.44. The zero-order valence-corrected chi connectivity index (χ0v) is 10.1. The summed E-state index contributed by atoms with van der Waals surface area (Å²) in [7, 11) is 0. The summed E-state index contributed by atoms with van der Waals surface area (Å²) >= 11 is 1.70. The Morgan fingerprint density at radius 1 is 1.73 bits per heavy atom. The molecule has 1 unspecified atom stereocenters. The van der Waals surface area contributed by atoms with Crippen LogP contribution in [-0.2, 0) is 4.74 Å². The fourth-order valence-electron chi connectivity index (χ4n) is 1.38. The Hall–Kier alpha value is -0.870. The highest BCUT2D eigenvalue weighted by molar-refractivity contribution is 7.09. The molecule has 84 valence electrons. The lowest BCUT2D eigenvalue weighted by molar-refractivity contribution is 0.243. The van der Waals surface area contributed by atoms with Crippen LogP contribution < -0.4 is 5.32 Å². The average molecular weight is 226 g/mol. The van der Waals surface area contributed by atoms with Crippen LogP contribution in [0.15, 0.2) is 18.4 Å². The Morgan fingerprint density at radius 2 is 2.53 bits per heavy atom. The van der Waals surface area contributed by atoms with Gasteiger partial charge in [0.05, 0.1) is 24.1 Å². The van der Waals surface area contributed by atoms with Crippen LogP contribution in [0.25, 0.3) is 0 Å². The fraction of sp³-hybridized carbons (Fsp3) is 0.545. The lowest BCUT2D eigenvalue weighted by Crippen LogP contribution is -2.20. The Bertz CT molecular complexity index is 299. The predicted molar refractivity (Wildman–Crippen MR) is 64.0 cm³/mol. The van der Waals surface area contributed by atoms with E-state index < -0.39 is 0 Å². The molecule has 0 aliphatic heterocycles. The highest BCUT2D eigenvalue weighted by Crippen LogP contribution is 2.20. The van der Waals surface area contributed by atoms with E-state index in [9.17, 15) is 0 Å². The third-order valence-corrected chi connectivity index (χ3v) is 3.30. The molecule has 1 atom stereocenters. The molecule has 0 bridgehead atoms. The summed E-state index contributed by atoms with van der Waals surface area (Å²) in [5.41, 5.74) is 3.02. The molecular weight excluding hydrogens is 208 g/mol. The van der Waals surface area contributed by atoms with Gasteiger partial charge in [-0.25, -0.2) is 4.98 Å². The lowest BCUT2D eigenvalue weighted by Gasteiger charge is -2.12. The fourth-order valence-corrected chi connectivity index (χ4v) is 2.21. The Balaban J connectivity index is 2.22. The van der Waals surface area contributed by atoms with Gasteiger partial charge in [0.1, 0.15) is 0 Å². The molecule has 3 nitrogen and oxygen atoms in total.